The Morgan fingerprint density at radius 2 is 0.909 bits per heavy atom. The molecule has 0 heterocycles. The van der Waals surface area contributed by atoms with Crippen molar-refractivity contribution in [1.29, 1.82) is 0 Å². The first-order chi connectivity index (χ1) is 4.83. The fourth-order valence-corrected chi connectivity index (χ4v) is 1.79. The van der Waals surface area contributed by atoms with Crippen LogP contribution in [-0.4, -0.2) is 22.6 Å². The largest absolute Gasteiger partial charge is 0.313 e. The maximum atomic E-state index is 4.31. The van der Waals surface area contributed by atoms with E-state index in [0.717, 1.165) is 4.48 Å². The molecule has 0 amide bonds. The Labute approximate surface area is 72.0 Å². The molecule has 0 aliphatic rings. The van der Waals surface area contributed by atoms with Crippen molar-refractivity contribution in [3.05, 3.63) is 7.05 Å². The molecule has 0 aliphatic heterocycles. The highest BCUT2D eigenvalue weighted by Gasteiger charge is 2.33. The zero-order chi connectivity index (χ0) is 9.23. The zero-order valence-electron chi connectivity index (χ0n) is 8.89. The van der Waals surface area contributed by atoms with E-state index in [1.165, 1.54) is 0 Å². The Hall–Kier alpha value is -0.0400. The molecule has 0 aromatic rings. The van der Waals surface area contributed by atoms with Crippen LogP contribution in [0.2, 0.25) is 0 Å². The Morgan fingerprint density at radius 3 is 0.909 bits per heavy atom. The highest BCUT2D eigenvalue weighted by Crippen LogP contribution is 2.21. The average Bonchev–Trinajstić information content (AvgIpc) is 1.84. The summed E-state index contributed by atoms with van der Waals surface area (Å²) in [4.78, 5) is 0. The average molecular weight is 157 g/mol. The zero-order valence-corrected chi connectivity index (χ0v) is 8.89. The molecule has 11 heavy (non-hydrogen) atoms. The first-order valence-corrected chi connectivity index (χ1v) is 4.55. The molecule has 0 aromatic heterocycles. The third kappa shape index (κ3) is 1.96. The molecule has 0 N–H and O–H groups in total. The van der Waals surface area contributed by atoms with Crippen molar-refractivity contribution >= 4 is 0 Å². The molecule has 0 saturated heterocycles. The Balaban J connectivity index is 4.53. The topological polar surface area (TPSA) is 0 Å². The second kappa shape index (κ2) is 3.57. The van der Waals surface area contributed by atoms with Gasteiger partial charge in [-0.05, 0) is 41.5 Å². The monoisotopic (exact) mass is 157 g/mol. The summed E-state index contributed by atoms with van der Waals surface area (Å²) < 4.78 is 0.917. The number of rotatable bonds is 3. The van der Waals surface area contributed by atoms with Crippen molar-refractivity contribution in [2.45, 2.75) is 59.7 Å². The van der Waals surface area contributed by atoms with Crippen molar-refractivity contribution < 1.29 is 4.48 Å². The normalized spacial score (nSPS) is 13.6. The summed E-state index contributed by atoms with van der Waals surface area (Å²) in [5, 5.41) is 0. The van der Waals surface area contributed by atoms with Gasteiger partial charge >= 0.3 is 0 Å². The quantitative estimate of drug-likeness (QED) is 0.553. The molecule has 0 atom stereocenters. The van der Waals surface area contributed by atoms with Gasteiger partial charge in [-0.15, -0.1) is 0 Å². The molecule has 67 valence electrons. The minimum Gasteiger partial charge on any atom is -0.313 e. The lowest BCUT2D eigenvalue weighted by Gasteiger charge is -2.45. The number of nitrogens with zero attached hydrogens (tertiary/aromatic N) is 1. The van der Waals surface area contributed by atoms with Crippen LogP contribution >= 0.6 is 0 Å². The molecule has 0 spiro atoms. The fourth-order valence-electron chi connectivity index (χ4n) is 1.79. The third-order valence-electron chi connectivity index (χ3n) is 2.88. The van der Waals surface area contributed by atoms with Gasteiger partial charge in [0.25, 0.3) is 0 Å². The molecule has 0 bridgehead atoms. The van der Waals surface area contributed by atoms with Gasteiger partial charge in [-0.2, -0.15) is 0 Å². The standard InChI is InChI=1S/C10H23N/c1-8(2)11(7,9(3)4)10(5)6/h8-10H,7H2,1-6H3/q+1. The van der Waals surface area contributed by atoms with Gasteiger partial charge in [-0.25, -0.2) is 0 Å². The predicted octanol–water partition coefficient (Wildman–Crippen LogP) is 2.82. The van der Waals surface area contributed by atoms with E-state index in [0.29, 0.717) is 18.1 Å². The first-order valence-electron chi connectivity index (χ1n) is 4.55. The van der Waals surface area contributed by atoms with E-state index in [1.807, 2.05) is 0 Å². The highest BCUT2D eigenvalue weighted by molar-refractivity contribution is 4.56. The molecular formula is C10H23N+. The number of quaternary nitrogens is 1. The maximum Gasteiger partial charge on any atom is 0.129 e. The van der Waals surface area contributed by atoms with Crippen LogP contribution < -0.4 is 0 Å². The van der Waals surface area contributed by atoms with E-state index in [4.69, 9.17) is 0 Å². The van der Waals surface area contributed by atoms with Crippen LogP contribution in [-0.2, 0) is 0 Å². The van der Waals surface area contributed by atoms with E-state index >= 15 is 0 Å². The van der Waals surface area contributed by atoms with Gasteiger partial charge in [0.05, 0.1) is 18.1 Å². The molecule has 0 aromatic carbocycles. The van der Waals surface area contributed by atoms with Crippen molar-refractivity contribution in [1.82, 2.24) is 0 Å². The molecular weight excluding hydrogens is 134 g/mol. The van der Waals surface area contributed by atoms with E-state index in [9.17, 15) is 0 Å². The summed E-state index contributed by atoms with van der Waals surface area (Å²) >= 11 is 0. The van der Waals surface area contributed by atoms with Gasteiger partial charge in [-0.1, -0.05) is 0 Å². The Morgan fingerprint density at radius 1 is 0.727 bits per heavy atom. The molecule has 0 aliphatic carbocycles. The van der Waals surface area contributed by atoms with Crippen LogP contribution in [0.25, 0.3) is 0 Å². The highest BCUT2D eigenvalue weighted by atomic mass is 15.4. The van der Waals surface area contributed by atoms with Gasteiger partial charge in [0, 0.05) is 0 Å². The number of hydrogen-bond donors (Lipinski definition) is 0. The van der Waals surface area contributed by atoms with Crippen molar-refractivity contribution in [3.8, 4) is 0 Å². The van der Waals surface area contributed by atoms with Crippen molar-refractivity contribution in [3.63, 3.8) is 0 Å². The summed E-state index contributed by atoms with van der Waals surface area (Å²) in [6, 6.07) is 1.82. The van der Waals surface area contributed by atoms with Gasteiger partial charge in [0.2, 0.25) is 0 Å². The summed E-state index contributed by atoms with van der Waals surface area (Å²) in [6.07, 6.45) is 0. The van der Waals surface area contributed by atoms with Gasteiger partial charge in [-0.3, -0.25) is 0 Å². The smallest absolute Gasteiger partial charge is 0.129 e. The molecule has 1 nitrogen and oxygen atoms in total. The molecule has 1 heteroatoms. The number of hydrogen-bond acceptors (Lipinski definition) is 0. The maximum absolute atomic E-state index is 4.31. The summed E-state index contributed by atoms with van der Waals surface area (Å²) in [7, 11) is 4.31. The van der Waals surface area contributed by atoms with E-state index in [1.54, 1.807) is 0 Å². The minimum atomic E-state index is 0.606. The van der Waals surface area contributed by atoms with E-state index < -0.39 is 0 Å². The Kier molecular flexibility index (Phi) is 3.56. The molecule has 0 fully saturated rings. The fraction of sp³-hybridized carbons (Fsp3) is 0.900. The van der Waals surface area contributed by atoms with Crippen LogP contribution in [0.4, 0.5) is 0 Å². The summed E-state index contributed by atoms with van der Waals surface area (Å²) in [6.45, 7) is 13.5. The van der Waals surface area contributed by atoms with Gasteiger partial charge in [0.15, 0.2) is 0 Å². The van der Waals surface area contributed by atoms with Crippen LogP contribution in [0, 0.1) is 7.05 Å². The van der Waals surface area contributed by atoms with E-state index in [2.05, 4.69) is 48.6 Å². The van der Waals surface area contributed by atoms with Crippen LogP contribution in [0.3, 0.4) is 0 Å². The second-order valence-corrected chi connectivity index (χ2v) is 4.28. The SMILES string of the molecule is [CH2][N+](C(C)C)(C(C)C)C(C)C. The molecule has 0 rings (SSSR count). The molecule has 1 radical (unpaired) electrons. The van der Waals surface area contributed by atoms with Crippen molar-refractivity contribution in [2.24, 2.45) is 0 Å². The first kappa shape index (κ1) is 11.0. The minimum absolute atomic E-state index is 0.606. The van der Waals surface area contributed by atoms with E-state index in [-0.39, 0.29) is 0 Å². The van der Waals surface area contributed by atoms with Gasteiger partial charge in [0.1, 0.15) is 7.05 Å². The van der Waals surface area contributed by atoms with Crippen molar-refractivity contribution in [2.75, 3.05) is 0 Å². The third-order valence-corrected chi connectivity index (χ3v) is 2.88. The second-order valence-electron chi connectivity index (χ2n) is 4.28. The predicted molar refractivity (Wildman–Crippen MR) is 51.0 cm³/mol. The van der Waals surface area contributed by atoms with Crippen LogP contribution in [0.15, 0.2) is 0 Å². The van der Waals surface area contributed by atoms with Gasteiger partial charge < -0.3 is 4.48 Å². The lowest BCUT2D eigenvalue weighted by Crippen LogP contribution is -2.56. The summed E-state index contributed by atoms with van der Waals surface area (Å²) in [5.74, 6) is 0. The van der Waals surface area contributed by atoms with Crippen LogP contribution in [0.5, 0.6) is 0 Å². The molecule has 0 unspecified atom stereocenters. The lowest BCUT2D eigenvalue weighted by molar-refractivity contribution is -0.946. The summed E-state index contributed by atoms with van der Waals surface area (Å²) in [5.41, 5.74) is 0. The lowest BCUT2D eigenvalue weighted by atomic mass is 10.1. The Bertz CT molecular complexity index is 92.3. The van der Waals surface area contributed by atoms with Crippen LogP contribution in [0.1, 0.15) is 41.5 Å². The molecule has 0 saturated carbocycles.